The summed E-state index contributed by atoms with van der Waals surface area (Å²) in [6.07, 6.45) is 1.45. The summed E-state index contributed by atoms with van der Waals surface area (Å²) in [5, 5.41) is 4.25. The molecule has 148 valence electrons. The van der Waals surface area contributed by atoms with Crippen LogP contribution in [-0.2, 0) is 0 Å². The molecular formula is C18H9Cl4FN4O2. The number of aromatic nitrogens is 2. The number of benzene rings is 1. The summed E-state index contributed by atoms with van der Waals surface area (Å²) >= 11 is 23.6. The third-order valence-corrected chi connectivity index (χ3v) is 5.25. The van der Waals surface area contributed by atoms with Crippen molar-refractivity contribution in [2.75, 3.05) is 10.6 Å². The van der Waals surface area contributed by atoms with Crippen molar-refractivity contribution in [1.29, 1.82) is 0 Å². The average Bonchev–Trinajstić information content (AvgIpc) is 2.71. The largest absolute Gasteiger partial charge is 0.319 e. The van der Waals surface area contributed by atoms with E-state index in [0.29, 0.717) is 0 Å². The molecule has 0 saturated carbocycles. The molecule has 11 heteroatoms. The van der Waals surface area contributed by atoms with Gasteiger partial charge in [-0.1, -0.05) is 52.5 Å². The number of nitrogens with zero attached hydrogens (tertiary/aromatic N) is 2. The number of nitrogens with one attached hydrogen (secondary N) is 2. The minimum absolute atomic E-state index is 0.0423. The monoisotopic (exact) mass is 472 g/mol. The Morgan fingerprint density at radius 1 is 0.862 bits per heavy atom. The van der Waals surface area contributed by atoms with Gasteiger partial charge in [-0.05, 0) is 30.3 Å². The van der Waals surface area contributed by atoms with Crippen molar-refractivity contribution >= 4 is 69.6 Å². The fourth-order valence-electron chi connectivity index (χ4n) is 2.23. The lowest BCUT2D eigenvalue weighted by molar-refractivity contribution is 0.101. The first-order valence-corrected chi connectivity index (χ1v) is 9.32. The first-order valence-electron chi connectivity index (χ1n) is 7.81. The summed E-state index contributed by atoms with van der Waals surface area (Å²) in [5.41, 5.74) is -0.107. The molecule has 0 aliphatic heterocycles. The van der Waals surface area contributed by atoms with Crippen LogP contribution < -0.4 is 10.6 Å². The Morgan fingerprint density at radius 2 is 1.59 bits per heavy atom. The first-order chi connectivity index (χ1) is 13.8. The Balaban J connectivity index is 1.91. The zero-order chi connectivity index (χ0) is 21.1. The van der Waals surface area contributed by atoms with Gasteiger partial charge in [-0.25, -0.2) is 9.37 Å². The molecule has 0 atom stereocenters. The molecule has 2 aromatic heterocycles. The molecule has 0 spiro atoms. The van der Waals surface area contributed by atoms with Crippen LogP contribution in [0.4, 0.5) is 15.8 Å². The molecule has 29 heavy (non-hydrogen) atoms. The van der Waals surface area contributed by atoms with Crippen LogP contribution in [0.15, 0.2) is 42.6 Å². The van der Waals surface area contributed by atoms with Crippen LogP contribution in [0.2, 0.25) is 20.2 Å². The molecule has 0 unspecified atom stereocenters. The quantitative estimate of drug-likeness (QED) is 0.473. The number of carbonyl (C=O) groups is 2. The van der Waals surface area contributed by atoms with Crippen LogP contribution in [0.5, 0.6) is 0 Å². The van der Waals surface area contributed by atoms with E-state index in [0.717, 1.165) is 12.1 Å². The van der Waals surface area contributed by atoms with Crippen molar-refractivity contribution in [3.8, 4) is 0 Å². The van der Waals surface area contributed by atoms with E-state index >= 15 is 0 Å². The molecule has 0 aliphatic rings. The molecule has 0 radical (unpaired) electrons. The highest BCUT2D eigenvalue weighted by Gasteiger charge is 2.22. The summed E-state index contributed by atoms with van der Waals surface area (Å²) in [6.45, 7) is 0. The first kappa shape index (κ1) is 21.3. The fraction of sp³-hybridized carbons (Fsp3) is 0. The zero-order valence-electron chi connectivity index (χ0n) is 14.1. The number of halogens is 5. The van der Waals surface area contributed by atoms with E-state index in [2.05, 4.69) is 20.6 Å². The predicted octanol–water partition coefficient (Wildman–Crippen LogP) is 5.73. The van der Waals surface area contributed by atoms with Gasteiger partial charge >= 0.3 is 0 Å². The van der Waals surface area contributed by atoms with Crippen molar-refractivity contribution in [3.63, 3.8) is 0 Å². The Hall–Kier alpha value is -2.45. The van der Waals surface area contributed by atoms with Gasteiger partial charge in [0.25, 0.3) is 11.8 Å². The van der Waals surface area contributed by atoms with E-state index < -0.39 is 17.6 Å². The topological polar surface area (TPSA) is 84.0 Å². The van der Waals surface area contributed by atoms with Gasteiger partial charge in [0.1, 0.15) is 22.4 Å². The van der Waals surface area contributed by atoms with Crippen molar-refractivity contribution in [3.05, 3.63) is 80.0 Å². The van der Waals surface area contributed by atoms with Crippen LogP contribution in [0.25, 0.3) is 0 Å². The standard InChI is InChI=1S/C18H9Cl4FN4O2/c19-12-13(20)15(27-16(22)14(12)21)18(29)26-11-7-8(23)4-5-9(11)25-17(28)10-3-1-2-6-24-10/h1-7H,(H,25,28)(H,26,29). The SMILES string of the molecule is O=C(Nc1ccc(F)cc1NC(=O)c1nc(Cl)c(Cl)c(Cl)c1Cl)c1ccccn1. The number of amides is 2. The Kier molecular flexibility index (Phi) is 6.54. The number of hydrogen-bond acceptors (Lipinski definition) is 4. The van der Waals surface area contributed by atoms with E-state index in [4.69, 9.17) is 46.4 Å². The van der Waals surface area contributed by atoms with Crippen molar-refractivity contribution in [2.45, 2.75) is 0 Å². The van der Waals surface area contributed by atoms with Crippen LogP contribution >= 0.6 is 46.4 Å². The van der Waals surface area contributed by atoms with Crippen LogP contribution in [0.3, 0.4) is 0 Å². The van der Waals surface area contributed by atoms with E-state index in [1.807, 2.05) is 0 Å². The molecule has 2 heterocycles. The second kappa shape index (κ2) is 8.92. The van der Waals surface area contributed by atoms with Gasteiger partial charge in [-0.3, -0.25) is 14.6 Å². The molecule has 3 aromatic rings. The van der Waals surface area contributed by atoms with E-state index in [-0.39, 0.29) is 43.0 Å². The molecule has 6 nitrogen and oxygen atoms in total. The Bertz CT molecular complexity index is 1110. The van der Waals surface area contributed by atoms with Crippen molar-refractivity contribution in [2.24, 2.45) is 0 Å². The van der Waals surface area contributed by atoms with Gasteiger partial charge in [0.15, 0.2) is 0 Å². The number of hydrogen-bond donors (Lipinski definition) is 2. The van der Waals surface area contributed by atoms with Crippen molar-refractivity contribution < 1.29 is 14.0 Å². The molecule has 1 aromatic carbocycles. The molecular weight excluding hydrogens is 465 g/mol. The summed E-state index contributed by atoms with van der Waals surface area (Å²) < 4.78 is 13.7. The average molecular weight is 474 g/mol. The van der Waals surface area contributed by atoms with Crippen molar-refractivity contribution in [1.82, 2.24) is 9.97 Å². The smallest absolute Gasteiger partial charge is 0.275 e. The molecule has 2 N–H and O–H groups in total. The van der Waals surface area contributed by atoms with Gasteiger partial charge in [-0.15, -0.1) is 0 Å². The van der Waals surface area contributed by atoms with Gasteiger partial charge in [-0.2, -0.15) is 0 Å². The molecule has 0 fully saturated rings. The van der Waals surface area contributed by atoms with Crippen LogP contribution in [-0.4, -0.2) is 21.8 Å². The molecule has 0 bridgehead atoms. The molecule has 3 rings (SSSR count). The lowest BCUT2D eigenvalue weighted by Crippen LogP contribution is -2.19. The van der Waals surface area contributed by atoms with E-state index in [1.54, 1.807) is 12.1 Å². The zero-order valence-corrected chi connectivity index (χ0v) is 17.2. The van der Waals surface area contributed by atoms with Crippen LogP contribution in [0, 0.1) is 5.82 Å². The summed E-state index contributed by atoms with van der Waals surface area (Å²) in [4.78, 5) is 32.7. The number of carbonyl (C=O) groups excluding carboxylic acids is 2. The normalized spacial score (nSPS) is 10.5. The molecule has 0 aliphatic carbocycles. The van der Waals surface area contributed by atoms with Gasteiger partial charge in [0.05, 0.1) is 26.4 Å². The summed E-state index contributed by atoms with van der Waals surface area (Å²) in [5.74, 6) is -2.04. The maximum Gasteiger partial charge on any atom is 0.275 e. The molecule has 0 saturated heterocycles. The highest BCUT2D eigenvalue weighted by Crippen LogP contribution is 2.36. The highest BCUT2D eigenvalue weighted by molar-refractivity contribution is 6.52. The third-order valence-electron chi connectivity index (χ3n) is 3.58. The van der Waals surface area contributed by atoms with E-state index in [9.17, 15) is 14.0 Å². The number of rotatable bonds is 4. The number of anilines is 2. The fourth-order valence-corrected chi connectivity index (χ4v) is 3.05. The maximum absolute atomic E-state index is 13.7. The lowest BCUT2D eigenvalue weighted by atomic mass is 10.2. The minimum Gasteiger partial charge on any atom is -0.319 e. The summed E-state index contributed by atoms with van der Waals surface area (Å²) in [6, 6.07) is 8.20. The van der Waals surface area contributed by atoms with Gasteiger partial charge < -0.3 is 10.6 Å². The Morgan fingerprint density at radius 3 is 2.28 bits per heavy atom. The lowest BCUT2D eigenvalue weighted by Gasteiger charge is -2.13. The molecule has 2 amide bonds. The van der Waals surface area contributed by atoms with E-state index in [1.165, 1.54) is 18.3 Å². The second-order valence-corrected chi connectivity index (χ2v) is 7.00. The van der Waals surface area contributed by atoms with Gasteiger partial charge in [0, 0.05) is 6.20 Å². The Labute approximate surface area is 184 Å². The predicted molar refractivity (Wildman–Crippen MR) is 111 cm³/mol. The third kappa shape index (κ3) is 4.76. The number of pyridine rings is 2. The summed E-state index contributed by atoms with van der Waals surface area (Å²) in [7, 11) is 0. The highest BCUT2D eigenvalue weighted by atomic mass is 35.5. The minimum atomic E-state index is -0.839. The van der Waals surface area contributed by atoms with Crippen LogP contribution in [0.1, 0.15) is 21.0 Å². The van der Waals surface area contributed by atoms with Gasteiger partial charge in [0.2, 0.25) is 0 Å². The maximum atomic E-state index is 13.7. The second-order valence-electron chi connectivity index (χ2n) is 5.51.